The summed E-state index contributed by atoms with van der Waals surface area (Å²) in [5.74, 6) is -0.880. The predicted molar refractivity (Wildman–Crippen MR) is 157 cm³/mol. The minimum Gasteiger partial charge on any atom is -0.461 e. The molecule has 1 aliphatic carbocycles. The fraction of sp³-hybridized carbons (Fsp3) is 0.531. The molecule has 0 aromatic carbocycles. The number of halogens is 2. The van der Waals surface area contributed by atoms with Crippen LogP contribution in [-0.4, -0.2) is 92.2 Å². The number of hydrogen-bond acceptors (Lipinski definition) is 8. The van der Waals surface area contributed by atoms with E-state index in [0.717, 1.165) is 55.3 Å². The summed E-state index contributed by atoms with van der Waals surface area (Å²) >= 11 is 0. The number of alkyl halides is 1. The van der Waals surface area contributed by atoms with Crippen molar-refractivity contribution in [2.24, 2.45) is 0 Å². The minimum atomic E-state index is -0.931. The van der Waals surface area contributed by atoms with E-state index in [1.165, 1.54) is 17.5 Å². The molecular formula is C32H35F2N7O2. The second-order valence-corrected chi connectivity index (χ2v) is 12.8. The Hall–Kier alpha value is -3.73. The van der Waals surface area contributed by atoms with E-state index in [-0.39, 0.29) is 23.6 Å². The van der Waals surface area contributed by atoms with Crippen LogP contribution in [0.4, 0.5) is 14.6 Å². The van der Waals surface area contributed by atoms with E-state index in [1.54, 1.807) is 4.90 Å². The number of nitrogens with zero attached hydrogens (tertiary/aromatic N) is 7. The van der Waals surface area contributed by atoms with Gasteiger partial charge < -0.3 is 14.5 Å². The highest BCUT2D eigenvalue weighted by Gasteiger charge is 2.51. The van der Waals surface area contributed by atoms with Gasteiger partial charge in [-0.15, -0.1) is 0 Å². The maximum atomic E-state index is 14.4. The number of carbonyl (C=O) groups excluding carboxylic acids is 1. The number of amides is 1. The molecule has 0 N–H and O–H groups in total. The normalized spacial score (nSPS) is 28.0. The van der Waals surface area contributed by atoms with Gasteiger partial charge in [0.2, 0.25) is 0 Å². The van der Waals surface area contributed by atoms with Gasteiger partial charge in [-0.05, 0) is 74.8 Å². The summed E-state index contributed by atoms with van der Waals surface area (Å²) in [5, 5.41) is 0.789. The molecule has 4 aliphatic heterocycles. The third-order valence-corrected chi connectivity index (χ3v) is 10.4. The van der Waals surface area contributed by atoms with Crippen LogP contribution in [0.25, 0.3) is 22.3 Å². The lowest BCUT2D eigenvalue weighted by atomic mass is 9.89. The zero-order chi connectivity index (χ0) is 29.3. The quantitative estimate of drug-likeness (QED) is 0.397. The van der Waals surface area contributed by atoms with Crippen molar-refractivity contribution in [3.8, 4) is 17.3 Å². The number of carbonyl (C=O) groups is 1. The van der Waals surface area contributed by atoms with E-state index in [1.807, 2.05) is 24.5 Å². The number of aromatic nitrogens is 4. The molecule has 43 heavy (non-hydrogen) atoms. The molecule has 224 valence electrons. The van der Waals surface area contributed by atoms with Crippen LogP contribution in [0.2, 0.25) is 0 Å². The Bertz CT molecular complexity index is 1630. The van der Waals surface area contributed by atoms with Crippen LogP contribution in [-0.2, 0) is 17.6 Å². The lowest BCUT2D eigenvalue weighted by Crippen LogP contribution is -2.63. The second-order valence-electron chi connectivity index (χ2n) is 12.8. The van der Waals surface area contributed by atoms with Crippen molar-refractivity contribution in [1.82, 2.24) is 29.7 Å². The lowest BCUT2D eigenvalue weighted by molar-refractivity contribution is -0.130. The molecule has 4 fully saturated rings. The van der Waals surface area contributed by atoms with Gasteiger partial charge >= 0.3 is 6.01 Å². The van der Waals surface area contributed by atoms with Gasteiger partial charge in [0.15, 0.2) is 11.5 Å². The Balaban J connectivity index is 1.16. The highest BCUT2D eigenvalue weighted by Crippen LogP contribution is 2.42. The van der Waals surface area contributed by atoms with Crippen LogP contribution >= 0.6 is 0 Å². The number of aryl methyl sites for hydroxylation is 1. The molecule has 0 unspecified atom stereocenters. The van der Waals surface area contributed by atoms with E-state index >= 15 is 0 Å². The summed E-state index contributed by atoms with van der Waals surface area (Å²) < 4.78 is 34.4. The monoisotopic (exact) mass is 587 g/mol. The van der Waals surface area contributed by atoms with Crippen molar-refractivity contribution >= 4 is 22.8 Å². The van der Waals surface area contributed by atoms with Gasteiger partial charge in [-0.2, -0.15) is 9.97 Å². The fourth-order valence-corrected chi connectivity index (χ4v) is 8.21. The van der Waals surface area contributed by atoms with Crippen molar-refractivity contribution in [2.45, 2.75) is 75.2 Å². The van der Waals surface area contributed by atoms with E-state index in [0.29, 0.717) is 50.5 Å². The second kappa shape index (κ2) is 10.2. The largest absolute Gasteiger partial charge is 0.461 e. The molecule has 3 aromatic heterocycles. The summed E-state index contributed by atoms with van der Waals surface area (Å²) in [6.45, 7) is 5.85. The summed E-state index contributed by atoms with van der Waals surface area (Å²) in [4.78, 5) is 37.5. The van der Waals surface area contributed by atoms with Gasteiger partial charge in [0.25, 0.3) is 5.91 Å². The van der Waals surface area contributed by atoms with Crippen molar-refractivity contribution in [3.05, 3.63) is 48.1 Å². The molecule has 8 rings (SSSR count). The Kier molecular flexibility index (Phi) is 6.36. The molecule has 1 amide bonds. The van der Waals surface area contributed by atoms with Gasteiger partial charge in [0.05, 0.1) is 28.7 Å². The standard InChI is InChI=1S/C32H35F2N7O2/c1-19(33)30(42)40-12-9-26-27(40)17-41(26)29-23-7-8-25(24-15-35-14-20-5-2-3-6-22(20)24)36-28(23)37-31(38-29)43-18-32-10-4-11-39(32)16-21(34)13-32/h7-8,14-15,21,26-27H,1-6,9-13,16-18H2/t21-,26-,27-,32+/m1/s1. The predicted octanol–water partition coefficient (Wildman–Crippen LogP) is 4.19. The molecule has 9 nitrogen and oxygen atoms in total. The molecular weight excluding hydrogens is 552 g/mol. The van der Waals surface area contributed by atoms with Crippen LogP contribution in [0.15, 0.2) is 36.9 Å². The van der Waals surface area contributed by atoms with E-state index in [2.05, 4.69) is 21.4 Å². The average Bonchev–Trinajstić information content (AvgIpc) is 3.64. The first-order valence-corrected chi connectivity index (χ1v) is 15.5. The molecule has 3 aromatic rings. The number of rotatable bonds is 6. The Morgan fingerprint density at radius 1 is 1.07 bits per heavy atom. The van der Waals surface area contributed by atoms with Crippen molar-refractivity contribution in [3.63, 3.8) is 0 Å². The molecule has 11 heteroatoms. The highest BCUT2D eigenvalue weighted by molar-refractivity contribution is 5.93. The molecule has 0 spiro atoms. The molecule has 0 radical (unpaired) electrons. The number of anilines is 1. The summed E-state index contributed by atoms with van der Waals surface area (Å²) in [5.41, 5.74) is 4.62. The fourth-order valence-electron chi connectivity index (χ4n) is 8.21. The summed E-state index contributed by atoms with van der Waals surface area (Å²) in [6, 6.07) is 4.14. The molecule has 0 bridgehead atoms. The minimum absolute atomic E-state index is 0.00492. The Labute approximate surface area is 249 Å². The van der Waals surface area contributed by atoms with E-state index in [9.17, 15) is 13.6 Å². The topological polar surface area (TPSA) is 87.6 Å². The van der Waals surface area contributed by atoms with E-state index < -0.39 is 17.9 Å². The van der Waals surface area contributed by atoms with Gasteiger partial charge in [0, 0.05) is 44.0 Å². The van der Waals surface area contributed by atoms with Crippen molar-refractivity contribution < 1.29 is 18.3 Å². The average molecular weight is 588 g/mol. The number of hydrogen-bond donors (Lipinski definition) is 0. The summed E-state index contributed by atoms with van der Waals surface area (Å²) in [7, 11) is 0. The molecule has 4 atom stereocenters. The van der Waals surface area contributed by atoms with Crippen LogP contribution in [0.3, 0.4) is 0 Å². The highest BCUT2D eigenvalue weighted by atomic mass is 19.1. The van der Waals surface area contributed by atoms with E-state index in [4.69, 9.17) is 19.7 Å². The zero-order valence-electron chi connectivity index (χ0n) is 24.1. The van der Waals surface area contributed by atoms with Crippen molar-refractivity contribution in [1.29, 1.82) is 0 Å². The SMILES string of the molecule is C=C(F)C(=O)N1CC[C@@H]2[C@H]1CN2c1nc(OC[C@@]23CCCN2C[C@H](F)C3)nc2nc(-c3cncc4c3CCCC4)ccc12. The first kappa shape index (κ1) is 26.9. The zero-order valence-corrected chi connectivity index (χ0v) is 24.1. The number of likely N-dealkylation sites (tertiary alicyclic amines) is 1. The number of fused-ring (bicyclic) bond motifs is 4. The van der Waals surface area contributed by atoms with Gasteiger partial charge in [-0.3, -0.25) is 14.7 Å². The van der Waals surface area contributed by atoms with Crippen molar-refractivity contribution in [2.75, 3.05) is 37.7 Å². The maximum absolute atomic E-state index is 14.4. The Morgan fingerprint density at radius 2 is 1.95 bits per heavy atom. The molecule has 0 saturated carbocycles. The lowest BCUT2D eigenvalue weighted by Gasteiger charge is -2.47. The Morgan fingerprint density at radius 3 is 2.84 bits per heavy atom. The smallest absolute Gasteiger partial charge is 0.320 e. The molecule has 7 heterocycles. The third-order valence-electron chi connectivity index (χ3n) is 10.4. The van der Waals surface area contributed by atoms with Gasteiger partial charge in [-0.25, -0.2) is 13.8 Å². The third kappa shape index (κ3) is 4.38. The van der Waals surface area contributed by atoms with Crippen LogP contribution in [0, 0.1) is 0 Å². The molecule has 5 aliphatic rings. The van der Waals surface area contributed by atoms with Crippen LogP contribution in [0.1, 0.15) is 49.7 Å². The molecule has 4 saturated heterocycles. The summed E-state index contributed by atoms with van der Waals surface area (Å²) in [6.07, 6.45) is 10.4. The first-order valence-electron chi connectivity index (χ1n) is 15.5. The number of ether oxygens (including phenoxy) is 1. The number of pyridine rings is 2. The van der Waals surface area contributed by atoms with Crippen LogP contribution in [0.5, 0.6) is 6.01 Å². The maximum Gasteiger partial charge on any atom is 0.320 e. The van der Waals surface area contributed by atoms with Gasteiger partial charge in [0.1, 0.15) is 18.6 Å². The van der Waals surface area contributed by atoms with Crippen LogP contribution < -0.4 is 9.64 Å². The van der Waals surface area contributed by atoms with Gasteiger partial charge in [-0.1, -0.05) is 6.58 Å². The first-order chi connectivity index (χ1) is 20.9.